The number of carbonyl (C=O) groups is 1. The molecule has 0 atom stereocenters. The standard InChI is InChI=1S/C22H20ClFN2O2/c23-17-7-3-2-6-16(17)20-10-11-21(28-20)22(27)25-15-8-9-19(18(24)14-15)26-12-4-1-5-13-26/h2-3,6-11,14H,1,4-5,12-13H2,(H,25,27). The van der Waals surface area contributed by atoms with Crippen molar-refractivity contribution in [2.45, 2.75) is 19.3 Å². The number of nitrogens with zero attached hydrogens (tertiary/aromatic N) is 1. The molecule has 1 amide bonds. The van der Waals surface area contributed by atoms with Gasteiger partial charge in [0.1, 0.15) is 11.6 Å². The fraction of sp³-hybridized carbons (Fsp3) is 0.227. The molecule has 6 heteroatoms. The van der Waals surface area contributed by atoms with Gasteiger partial charge in [0.05, 0.1) is 10.7 Å². The number of rotatable bonds is 4. The van der Waals surface area contributed by atoms with Crippen molar-refractivity contribution in [3.63, 3.8) is 0 Å². The summed E-state index contributed by atoms with van der Waals surface area (Å²) in [6, 6.07) is 15.3. The lowest BCUT2D eigenvalue weighted by Crippen LogP contribution is -2.30. The molecule has 1 fully saturated rings. The third-order valence-electron chi connectivity index (χ3n) is 4.87. The Morgan fingerprint density at radius 2 is 1.82 bits per heavy atom. The summed E-state index contributed by atoms with van der Waals surface area (Å²) in [4.78, 5) is 14.5. The van der Waals surface area contributed by atoms with Gasteiger partial charge < -0.3 is 14.6 Å². The van der Waals surface area contributed by atoms with Crippen molar-refractivity contribution in [2.24, 2.45) is 0 Å². The number of carbonyl (C=O) groups excluding carboxylic acids is 1. The Balaban J connectivity index is 1.48. The number of hydrogen-bond donors (Lipinski definition) is 1. The van der Waals surface area contributed by atoms with E-state index in [-0.39, 0.29) is 11.6 Å². The molecule has 0 unspecified atom stereocenters. The smallest absolute Gasteiger partial charge is 0.291 e. The quantitative estimate of drug-likeness (QED) is 0.587. The first-order valence-corrected chi connectivity index (χ1v) is 9.70. The summed E-state index contributed by atoms with van der Waals surface area (Å²) in [7, 11) is 0. The van der Waals surface area contributed by atoms with E-state index in [0.29, 0.717) is 27.7 Å². The monoisotopic (exact) mass is 398 g/mol. The first-order valence-electron chi connectivity index (χ1n) is 9.32. The Bertz CT molecular complexity index is 996. The molecule has 0 bridgehead atoms. The van der Waals surface area contributed by atoms with Gasteiger partial charge in [-0.2, -0.15) is 0 Å². The SMILES string of the molecule is O=C(Nc1ccc(N2CCCCC2)c(F)c1)c1ccc(-c2ccccc2Cl)o1. The zero-order valence-corrected chi connectivity index (χ0v) is 16.0. The zero-order valence-electron chi connectivity index (χ0n) is 15.3. The van der Waals surface area contributed by atoms with Crippen LogP contribution < -0.4 is 10.2 Å². The van der Waals surface area contributed by atoms with Crippen LogP contribution in [0.25, 0.3) is 11.3 Å². The van der Waals surface area contributed by atoms with Crippen LogP contribution in [0.3, 0.4) is 0 Å². The van der Waals surface area contributed by atoms with E-state index in [0.717, 1.165) is 25.9 Å². The predicted octanol–water partition coefficient (Wildman–Crippen LogP) is 5.98. The molecule has 1 aromatic heterocycles. The van der Waals surface area contributed by atoms with Crippen LogP contribution in [0.4, 0.5) is 15.8 Å². The molecule has 28 heavy (non-hydrogen) atoms. The van der Waals surface area contributed by atoms with Crippen LogP contribution in [0.5, 0.6) is 0 Å². The Labute approximate surface area is 167 Å². The maximum absolute atomic E-state index is 14.5. The summed E-state index contributed by atoms with van der Waals surface area (Å²) >= 11 is 6.17. The molecule has 0 spiro atoms. The highest BCUT2D eigenvalue weighted by molar-refractivity contribution is 6.33. The average Bonchev–Trinajstić information content (AvgIpc) is 3.19. The van der Waals surface area contributed by atoms with Gasteiger partial charge in [-0.15, -0.1) is 0 Å². The average molecular weight is 399 g/mol. The normalized spacial score (nSPS) is 14.1. The lowest BCUT2D eigenvalue weighted by atomic mass is 10.1. The first-order chi connectivity index (χ1) is 13.6. The molecule has 144 valence electrons. The minimum Gasteiger partial charge on any atom is -0.451 e. The van der Waals surface area contributed by atoms with Gasteiger partial charge in [-0.25, -0.2) is 4.39 Å². The molecule has 1 aliphatic heterocycles. The second-order valence-corrected chi connectivity index (χ2v) is 7.22. The minimum atomic E-state index is -0.441. The van der Waals surface area contributed by atoms with E-state index in [1.807, 2.05) is 23.1 Å². The van der Waals surface area contributed by atoms with Crippen LogP contribution in [-0.2, 0) is 0 Å². The van der Waals surface area contributed by atoms with Gasteiger partial charge in [-0.3, -0.25) is 4.79 Å². The van der Waals surface area contributed by atoms with E-state index in [4.69, 9.17) is 16.0 Å². The Hall–Kier alpha value is -2.79. The zero-order chi connectivity index (χ0) is 19.5. The number of furan rings is 1. The molecule has 4 rings (SSSR count). The topological polar surface area (TPSA) is 45.5 Å². The molecule has 1 N–H and O–H groups in total. The largest absolute Gasteiger partial charge is 0.451 e. The summed E-state index contributed by atoms with van der Waals surface area (Å²) in [5.41, 5.74) is 1.68. The van der Waals surface area contributed by atoms with E-state index < -0.39 is 5.91 Å². The number of piperidine rings is 1. The molecule has 0 aliphatic carbocycles. The molecular formula is C22H20ClFN2O2. The van der Waals surface area contributed by atoms with E-state index in [1.165, 1.54) is 12.5 Å². The third-order valence-corrected chi connectivity index (χ3v) is 5.20. The van der Waals surface area contributed by atoms with Crippen LogP contribution in [0.15, 0.2) is 59.0 Å². The molecule has 4 nitrogen and oxygen atoms in total. The summed E-state index contributed by atoms with van der Waals surface area (Å²) in [6.45, 7) is 1.72. The van der Waals surface area contributed by atoms with Crippen molar-refractivity contribution in [2.75, 3.05) is 23.3 Å². The van der Waals surface area contributed by atoms with Crippen LogP contribution in [-0.4, -0.2) is 19.0 Å². The van der Waals surface area contributed by atoms with Gasteiger partial charge in [0.25, 0.3) is 5.91 Å². The lowest BCUT2D eigenvalue weighted by molar-refractivity contribution is 0.0997. The molecule has 2 aromatic carbocycles. The van der Waals surface area contributed by atoms with Gasteiger partial charge >= 0.3 is 0 Å². The molecular weight excluding hydrogens is 379 g/mol. The second-order valence-electron chi connectivity index (χ2n) is 6.81. The predicted molar refractivity (Wildman–Crippen MR) is 110 cm³/mol. The van der Waals surface area contributed by atoms with Gasteiger partial charge in [0.15, 0.2) is 5.76 Å². The fourth-order valence-electron chi connectivity index (χ4n) is 3.43. The van der Waals surface area contributed by atoms with E-state index >= 15 is 0 Å². The number of halogens is 2. The van der Waals surface area contributed by atoms with Crippen LogP contribution in [0.1, 0.15) is 29.8 Å². The summed E-state index contributed by atoms with van der Waals surface area (Å²) in [5, 5.41) is 3.23. The Morgan fingerprint density at radius 1 is 1.04 bits per heavy atom. The lowest BCUT2D eigenvalue weighted by Gasteiger charge is -2.29. The number of benzene rings is 2. The van der Waals surface area contributed by atoms with Crippen molar-refractivity contribution < 1.29 is 13.6 Å². The molecule has 0 radical (unpaired) electrons. The van der Waals surface area contributed by atoms with Crippen LogP contribution >= 0.6 is 11.6 Å². The number of hydrogen-bond acceptors (Lipinski definition) is 3. The van der Waals surface area contributed by atoms with Gasteiger partial charge in [-0.05, 0) is 61.7 Å². The molecule has 0 saturated carbocycles. The molecule has 1 saturated heterocycles. The van der Waals surface area contributed by atoms with Crippen molar-refractivity contribution in [3.8, 4) is 11.3 Å². The van der Waals surface area contributed by atoms with Crippen molar-refractivity contribution in [3.05, 3.63) is 71.2 Å². The maximum Gasteiger partial charge on any atom is 0.291 e. The first kappa shape index (κ1) is 18.6. The van der Waals surface area contributed by atoms with Crippen molar-refractivity contribution in [1.29, 1.82) is 0 Å². The van der Waals surface area contributed by atoms with Gasteiger partial charge in [-0.1, -0.05) is 23.7 Å². The highest BCUT2D eigenvalue weighted by Gasteiger charge is 2.17. The summed E-state index contributed by atoms with van der Waals surface area (Å²) in [6.07, 6.45) is 3.33. The van der Waals surface area contributed by atoms with Gasteiger partial charge in [0.2, 0.25) is 0 Å². The third kappa shape index (κ3) is 3.90. The molecule has 2 heterocycles. The van der Waals surface area contributed by atoms with E-state index in [1.54, 1.807) is 30.3 Å². The fourth-order valence-corrected chi connectivity index (χ4v) is 3.66. The number of amides is 1. The van der Waals surface area contributed by atoms with Crippen molar-refractivity contribution in [1.82, 2.24) is 0 Å². The Kier molecular flexibility index (Phi) is 5.35. The minimum absolute atomic E-state index is 0.135. The summed E-state index contributed by atoms with van der Waals surface area (Å²) in [5.74, 6) is -0.142. The highest BCUT2D eigenvalue weighted by atomic mass is 35.5. The molecule has 1 aliphatic rings. The van der Waals surface area contributed by atoms with Crippen molar-refractivity contribution >= 4 is 28.9 Å². The van der Waals surface area contributed by atoms with Crippen LogP contribution in [0, 0.1) is 5.82 Å². The number of nitrogens with one attached hydrogen (secondary N) is 1. The summed E-state index contributed by atoms with van der Waals surface area (Å²) < 4.78 is 20.2. The molecule has 3 aromatic rings. The Morgan fingerprint density at radius 3 is 2.57 bits per heavy atom. The highest BCUT2D eigenvalue weighted by Crippen LogP contribution is 2.30. The maximum atomic E-state index is 14.5. The number of anilines is 2. The van der Waals surface area contributed by atoms with Crippen LogP contribution in [0.2, 0.25) is 5.02 Å². The van der Waals surface area contributed by atoms with E-state index in [9.17, 15) is 9.18 Å². The van der Waals surface area contributed by atoms with E-state index in [2.05, 4.69) is 5.32 Å². The second kappa shape index (κ2) is 8.07. The van der Waals surface area contributed by atoms with Gasteiger partial charge in [0, 0.05) is 24.3 Å².